The molecule has 0 saturated carbocycles. The third-order valence-electron chi connectivity index (χ3n) is 3.32. The van der Waals surface area contributed by atoms with Crippen LogP contribution in [0.5, 0.6) is 0 Å². The van der Waals surface area contributed by atoms with Crippen molar-refractivity contribution in [3.05, 3.63) is 59.1 Å². The maximum atomic E-state index is 9.11. The number of hydrogen-bond acceptors (Lipinski definition) is 3. The molecule has 1 N–H and O–H groups in total. The molecule has 3 rings (SSSR count). The average molecular weight is 273 g/mol. The topological polar surface area (TPSA) is 35.8 Å². The molecule has 0 fully saturated rings. The molecule has 0 aromatic heterocycles. The molecule has 0 radical (unpaired) electrons. The van der Waals surface area contributed by atoms with Crippen LogP contribution in [0, 0.1) is 0 Å². The second-order valence-corrected chi connectivity index (χ2v) is 4.88. The highest BCUT2D eigenvalue weighted by Gasteiger charge is 2.23. The van der Waals surface area contributed by atoms with E-state index in [0.717, 1.165) is 23.5 Å². The summed E-state index contributed by atoms with van der Waals surface area (Å²) in [6.45, 7) is 0.790. The quantitative estimate of drug-likeness (QED) is 0.628. The lowest BCUT2D eigenvalue weighted by atomic mass is 9.99. The van der Waals surface area contributed by atoms with E-state index in [4.69, 9.17) is 16.8 Å². The summed E-state index contributed by atoms with van der Waals surface area (Å²) in [5.41, 5.74) is 3.73. The number of hydrogen-bond donors (Lipinski definition) is 1. The van der Waals surface area contributed by atoms with Gasteiger partial charge in [-0.15, -0.1) is 0 Å². The van der Waals surface area contributed by atoms with Gasteiger partial charge in [0.15, 0.2) is 0 Å². The molecule has 3 nitrogen and oxygen atoms in total. The zero-order valence-electron chi connectivity index (χ0n) is 10.3. The minimum Gasteiger partial charge on any atom is -0.411 e. The number of anilines is 2. The van der Waals surface area contributed by atoms with E-state index in [1.54, 1.807) is 0 Å². The summed E-state index contributed by atoms with van der Waals surface area (Å²) in [6, 6.07) is 15.8. The molecule has 1 heterocycles. The van der Waals surface area contributed by atoms with Crippen LogP contribution in [0.25, 0.3) is 0 Å². The van der Waals surface area contributed by atoms with Gasteiger partial charge in [-0.3, -0.25) is 0 Å². The Morgan fingerprint density at radius 2 is 1.89 bits per heavy atom. The highest BCUT2D eigenvalue weighted by atomic mass is 35.5. The van der Waals surface area contributed by atoms with Gasteiger partial charge in [0.25, 0.3) is 0 Å². The van der Waals surface area contributed by atoms with Gasteiger partial charge < -0.3 is 10.1 Å². The molecule has 0 amide bonds. The largest absolute Gasteiger partial charge is 0.411 e. The van der Waals surface area contributed by atoms with Gasteiger partial charge in [0.2, 0.25) is 0 Å². The monoisotopic (exact) mass is 272 g/mol. The van der Waals surface area contributed by atoms with Gasteiger partial charge in [0.1, 0.15) is 0 Å². The van der Waals surface area contributed by atoms with E-state index in [1.165, 1.54) is 0 Å². The first-order valence-corrected chi connectivity index (χ1v) is 6.51. The summed E-state index contributed by atoms with van der Waals surface area (Å²) >= 11 is 6.04. The second kappa shape index (κ2) is 4.94. The summed E-state index contributed by atoms with van der Waals surface area (Å²) in [5.74, 6) is 0. The smallest absolute Gasteiger partial charge is 0.0907 e. The van der Waals surface area contributed by atoms with Crippen LogP contribution in [0.1, 0.15) is 12.0 Å². The normalized spacial score (nSPS) is 16.5. The van der Waals surface area contributed by atoms with Crippen molar-refractivity contribution in [1.29, 1.82) is 0 Å². The van der Waals surface area contributed by atoms with Gasteiger partial charge >= 0.3 is 0 Å². The first-order chi connectivity index (χ1) is 9.29. The maximum Gasteiger partial charge on any atom is 0.0907 e. The number of rotatable bonds is 1. The summed E-state index contributed by atoms with van der Waals surface area (Å²) in [6.07, 6.45) is 0.693. The highest BCUT2D eigenvalue weighted by Crippen LogP contribution is 2.34. The second-order valence-electron chi connectivity index (χ2n) is 4.45. The first-order valence-electron chi connectivity index (χ1n) is 6.13. The van der Waals surface area contributed by atoms with Gasteiger partial charge in [0.05, 0.1) is 11.4 Å². The van der Waals surface area contributed by atoms with Crippen molar-refractivity contribution in [2.45, 2.75) is 6.42 Å². The average Bonchev–Trinajstić information content (AvgIpc) is 2.47. The molecule has 0 unspecified atom stereocenters. The molecular formula is C15H13ClN2O. The fraction of sp³-hybridized carbons (Fsp3) is 0.133. The number of nitrogens with zero attached hydrogens (tertiary/aromatic N) is 2. The number of benzene rings is 2. The van der Waals surface area contributed by atoms with Crippen LogP contribution in [0.2, 0.25) is 5.02 Å². The SMILES string of the molecule is O/N=C1/CCN(c2ccccc2)c2ccc(Cl)cc21. The molecule has 19 heavy (non-hydrogen) atoms. The van der Waals surface area contributed by atoms with Crippen molar-refractivity contribution in [2.75, 3.05) is 11.4 Å². The van der Waals surface area contributed by atoms with Crippen LogP contribution in [0.15, 0.2) is 53.7 Å². The third-order valence-corrected chi connectivity index (χ3v) is 3.56. The van der Waals surface area contributed by atoms with Gasteiger partial charge in [-0.2, -0.15) is 0 Å². The van der Waals surface area contributed by atoms with Gasteiger partial charge in [-0.1, -0.05) is 35.0 Å². The minimum absolute atomic E-state index is 0.648. The molecule has 0 saturated heterocycles. The van der Waals surface area contributed by atoms with E-state index in [9.17, 15) is 0 Å². The van der Waals surface area contributed by atoms with E-state index in [2.05, 4.69) is 22.2 Å². The van der Waals surface area contributed by atoms with Gasteiger partial charge in [-0.05, 0) is 30.3 Å². The fourth-order valence-electron chi connectivity index (χ4n) is 2.43. The number of para-hydroxylation sites is 1. The maximum absolute atomic E-state index is 9.11. The summed E-state index contributed by atoms with van der Waals surface area (Å²) in [7, 11) is 0. The van der Waals surface area contributed by atoms with E-state index >= 15 is 0 Å². The molecule has 0 atom stereocenters. The van der Waals surface area contributed by atoms with E-state index in [-0.39, 0.29) is 0 Å². The van der Waals surface area contributed by atoms with E-state index < -0.39 is 0 Å². The Labute approximate surface area is 116 Å². The van der Waals surface area contributed by atoms with Crippen molar-refractivity contribution in [2.24, 2.45) is 5.16 Å². The van der Waals surface area contributed by atoms with Crippen LogP contribution in [-0.4, -0.2) is 17.5 Å². The predicted molar refractivity (Wildman–Crippen MR) is 77.8 cm³/mol. The highest BCUT2D eigenvalue weighted by molar-refractivity contribution is 6.31. The Bertz CT molecular complexity index is 625. The van der Waals surface area contributed by atoms with Crippen molar-refractivity contribution >= 4 is 28.7 Å². The predicted octanol–water partition coefficient (Wildman–Crippen LogP) is 4.06. The van der Waals surface area contributed by atoms with Gasteiger partial charge in [0, 0.05) is 29.2 Å². The lowest BCUT2D eigenvalue weighted by molar-refractivity contribution is 0.318. The van der Waals surface area contributed by atoms with Crippen LogP contribution < -0.4 is 4.90 Å². The Balaban J connectivity index is 2.12. The molecule has 96 valence electrons. The standard InChI is InChI=1S/C15H13ClN2O/c16-11-6-7-15-13(10-11)14(17-19)8-9-18(15)12-4-2-1-3-5-12/h1-7,10,19H,8-9H2/b17-14-. The Morgan fingerprint density at radius 1 is 1.11 bits per heavy atom. The van der Waals surface area contributed by atoms with Crippen LogP contribution in [-0.2, 0) is 0 Å². The van der Waals surface area contributed by atoms with Crippen LogP contribution in [0.3, 0.4) is 0 Å². The summed E-state index contributed by atoms with van der Waals surface area (Å²) in [4.78, 5) is 2.21. The molecule has 0 bridgehead atoms. The zero-order chi connectivity index (χ0) is 13.2. The number of halogens is 1. The van der Waals surface area contributed by atoms with Crippen molar-refractivity contribution in [3.63, 3.8) is 0 Å². The number of oxime groups is 1. The van der Waals surface area contributed by atoms with Gasteiger partial charge in [-0.25, -0.2) is 0 Å². The molecule has 0 spiro atoms. The molecule has 1 aliphatic heterocycles. The Kier molecular flexibility index (Phi) is 3.13. The summed E-state index contributed by atoms with van der Waals surface area (Å²) < 4.78 is 0. The fourth-order valence-corrected chi connectivity index (χ4v) is 2.60. The lowest BCUT2D eigenvalue weighted by Crippen LogP contribution is -2.28. The minimum atomic E-state index is 0.648. The molecule has 2 aromatic carbocycles. The molecule has 4 heteroatoms. The van der Waals surface area contributed by atoms with E-state index in [0.29, 0.717) is 17.2 Å². The number of fused-ring (bicyclic) bond motifs is 1. The Morgan fingerprint density at radius 3 is 2.63 bits per heavy atom. The van der Waals surface area contributed by atoms with Crippen LogP contribution >= 0.6 is 11.6 Å². The zero-order valence-corrected chi connectivity index (χ0v) is 11.0. The van der Waals surface area contributed by atoms with Crippen LogP contribution in [0.4, 0.5) is 11.4 Å². The van der Waals surface area contributed by atoms with Crippen molar-refractivity contribution in [3.8, 4) is 0 Å². The molecule has 2 aromatic rings. The third kappa shape index (κ3) is 2.17. The van der Waals surface area contributed by atoms with Crippen molar-refractivity contribution < 1.29 is 5.21 Å². The lowest BCUT2D eigenvalue weighted by Gasteiger charge is -2.31. The summed E-state index contributed by atoms with van der Waals surface area (Å²) in [5, 5.41) is 13.1. The molecule has 1 aliphatic rings. The first kappa shape index (κ1) is 12.1. The van der Waals surface area contributed by atoms with Crippen molar-refractivity contribution in [1.82, 2.24) is 0 Å². The van der Waals surface area contributed by atoms with E-state index in [1.807, 2.05) is 36.4 Å². The molecule has 0 aliphatic carbocycles. The molecular weight excluding hydrogens is 260 g/mol. The Hall–Kier alpha value is -2.00.